The first-order valence-electron chi connectivity index (χ1n) is 9.99. The Morgan fingerprint density at radius 3 is 2.33 bits per heavy atom. The van der Waals surface area contributed by atoms with Crippen LogP contribution < -0.4 is 15.6 Å². The Balaban J connectivity index is 1.40. The lowest BCUT2D eigenvalue weighted by atomic mass is 10.1. The quantitative estimate of drug-likeness (QED) is 0.650. The number of nitrogens with one attached hydrogen (secondary N) is 2. The highest BCUT2D eigenvalue weighted by molar-refractivity contribution is 5.60. The van der Waals surface area contributed by atoms with Crippen molar-refractivity contribution in [3.63, 3.8) is 0 Å². The van der Waals surface area contributed by atoms with E-state index in [2.05, 4.69) is 49.5 Å². The molecule has 1 aliphatic rings. The van der Waals surface area contributed by atoms with Crippen LogP contribution in [0.2, 0.25) is 0 Å². The van der Waals surface area contributed by atoms with E-state index in [9.17, 15) is 4.79 Å². The van der Waals surface area contributed by atoms with Crippen LogP contribution in [0.3, 0.4) is 0 Å². The molecule has 0 bridgehead atoms. The van der Waals surface area contributed by atoms with Crippen molar-refractivity contribution >= 4 is 11.6 Å². The summed E-state index contributed by atoms with van der Waals surface area (Å²) in [5, 5.41) is 11.3. The molecule has 0 spiro atoms. The fourth-order valence-corrected chi connectivity index (χ4v) is 3.43. The second-order valence-corrected chi connectivity index (χ2v) is 7.48. The van der Waals surface area contributed by atoms with Crippen molar-refractivity contribution in [1.29, 1.82) is 0 Å². The van der Waals surface area contributed by atoms with Gasteiger partial charge in [0.05, 0.1) is 7.11 Å². The third-order valence-electron chi connectivity index (χ3n) is 5.28. The molecule has 2 aromatic carbocycles. The molecule has 1 saturated heterocycles. The van der Waals surface area contributed by atoms with Gasteiger partial charge >= 0.3 is 0 Å². The van der Waals surface area contributed by atoms with Crippen LogP contribution >= 0.6 is 0 Å². The molecule has 0 atom stereocenters. The van der Waals surface area contributed by atoms with E-state index in [1.807, 2.05) is 12.1 Å². The molecule has 30 heavy (non-hydrogen) atoms. The lowest BCUT2D eigenvalue weighted by molar-refractivity contribution is 0.148. The molecule has 156 valence electrons. The highest BCUT2D eigenvalue weighted by Gasteiger charge is 2.14. The molecule has 3 aromatic rings. The van der Waals surface area contributed by atoms with Gasteiger partial charge in [-0.05, 0) is 49.0 Å². The molecule has 0 saturated carbocycles. The number of piperazine rings is 1. The first-order chi connectivity index (χ1) is 14.6. The summed E-state index contributed by atoms with van der Waals surface area (Å²) in [6, 6.07) is 15.3. The van der Waals surface area contributed by atoms with Gasteiger partial charge in [-0.25, -0.2) is 0 Å². The van der Waals surface area contributed by atoms with Crippen molar-refractivity contribution in [2.75, 3.05) is 45.7 Å². The first-order valence-corrected chi connectivity index (χ1v) is 9.99. The number of rotatable bonds is 6. The van der Waals surface area contributed by atoms with Gasteiger partial charge in [0, 0.05) is 44.0 Å². The van der Waals surface area contributed by atoms with Crippen LogP contribution in [-0.4, -0.2) is 65.3 Å². The number of hydrogen-bond acceptors (Lipinski definition) is 7. The summed E-state index contributed by atoms with van der Waals surface area (Å²) in [5.41, 5.74) is 2.76. The maximum Gasteiger partial charge on any atom is 0.279 e. The van der Waals surface area contributed by atoms with Crippen molar-refractivity contribution in [3.05, 3.63) is 64.4 Å². The summed E-state index contributed by atoms with van der Waals surface area (Å²) in [5.74, 6) is 1.03. The predicted octanol–water partition coefficient (Wildman–Crippen LogP) is 2.33. The molecule has 2 N–H and O–H groups in total. The van der Waals surface area contributed by atoms with Crippen molar-refractivity contribution < 1.29 is 4.74 Å². The van der Waals surface area contributed by atoms with Crippen LogP contribution in [0.5, 0.6) is 5.75 Å². The van der Waals surface area contributed by atoms with Gasteiger partial charge in [0.2, 0.25) is 5.95 Å². The van der Waals surface area contributed by atoms with Crippen molar-refractivity contribution in [2.24, 2.45) is 0 Å². The van der Waals surface area contributed by atoms with Gasteiger partial charge in [-0.3, -0.25) is 14.7 Å². The van der Waals surface area contributed by atoms with E-state index < -0.39 is 0 Å². The Labute approximate surface area is 175 Å². The minimum atomic E-state index is -0.302. The number of benzene rings is 2. The van der Waals surface area contributed by atoms with Crippen molar-refractivity contribution in [3.8, 4) is 17.0 Å². The molecule has 1 aromatic heterocycles. The monoisotopic (exact) mass is 406 g/mol. The van der Waals surface area contributed by atoms with Gasteiger partial charge in [-0.1, -0.05) is 12.1 Å². The Morgan fingerprint density at radius 2 is 1.70 bits per heavy atom. The fourth-order valence-electron chi connectivity index (χ4n) is 3.43. The zero-order valence-electron chi connectivity index (χ0n) is 17.3. The number of aromatic nitrogens is 3. The molecule has 4 rings (SSSR count). The zero-order valence-corrected chi connectivity index (χ0v) is 17.3. The molecular weight excluding hydrogens is 380 g/mol. The van der Waals surface area contributed by atoms with Gasteiger partial charge in [0.25, 0.3) is 5.56 Å². The number of likely N-dealkylation sites (N-methyl/N-ethyl adjacent to an activating group) is 1. The molecule has 2 heterocycles. The van der Waals surface area contributed by atoms with Crippen LogP contribution in [-0.2, 0) is 6.54 Å². The van der Waals surface area contributed by atoms with Gasteiger partial charge in [0.1, 0.15) is 5.75 Å². The number of hydrogen-bond donors (Lipinski definition) is 2. The molecule has 8 nitrogen and oxygen atoms in total. The number of aromatic amines is 1. The average Bonchev–Trinajstić information content (AvgIpc) is 2.77. The SMILES string of the molecule is COc1ccc(-c2nnc(Nc3ccc(CN4CCN(C)CC4)cc3)[nH]c2=O)cc1. The van der Waals surface area contributed by atoms with E-state index in [1.54, 1.807) is 31.4 Å². The van der Waals surface area contributed by atoms with Crippen LogP contribution in [0.1, 0.15) is 5.56 Å². The Morgan fingerprint density at radius 1 is 1.00 bits per heavy atom. The highest BCUT2D eigenvalue weighted by atomic mass is 16.5. The number of nitrogens with zero attached hydrogens (tertiary/aromatic N) is 4. The van der Waals surface area contributed by atoms with E-state index in [4.69, 9.17) is 4.74 Å². The van der Waals surface area contributed by atoms with Crippen LogP contribution in [0.15, 0.2) is 53.3 Å². The van der Waals surface area contributed by atoms with Crippen LogP contribution in [0.4, 0.5) is 11.6 Å². The van der Waals surface area contributed by atoms with Gasteiger partial charge in [0.15, 0.2) is 5.69 Å². The van der Waals surface area contributed by atoms with Crippen molar-refractivity contribution in [2.45, 2.75) is 6.54 Å². The van der Waals surface area contributed by atoms with E-state index >= 15 is 0 Å². The maximum absolute atomic E-state index is 12.4. The van der Waals surface area contributed by atoms with Gasteiger partial charge < -0.3 is 15.0 Å². The Hall–Kier alpha value is -3.23. The summed E-state index contributed by atoms with van der Waals surface area (Å²) >= 11 is 0. The molecule has 0 aliphatic carbocycles. The topological polar surface area (TPSA) is 86.4 Å². The normalized spacial score (nSPS) is 15.1. The summed E-state index contributed by atoms with van der Waals surface area (Å²) in [6.07, 6.45) is 0. The largest absolute Gasteiger partial charge is 0.497 e. The summed E-state index contributed by atoms with van der Waals surface area (Å²) in [7, 11) is 3.76. The second-order valence-electron chi connectivity index (χ2n) is 7.48. The summed E-state index contributed by atoms with van der Waals surface area (Å²) < 4.78 is 5.14. The third kappa shape index (κ3) is 4.84. The van der Waals surface area contributed by atoms with E-state index in [0.29, 0.717) is 11.5 Å². The van der Waals surface area contributed by atoms with E-state index in [-0.39, 0.29) is 11.3 Å². The van der Waals surface area contributed by atoms with Crippen molar-refractivity contribution in [1.82, 2.24) is 25.0 Å². The Bertz CT molecular complexity index is 1020. The minimum absolute atomic E-state index is 0.269. The molecule has 1 fully saturated rings. The third-order valence-corrected chi connectivity index (χ3v) is 5.28. The number of methoxy groups -OCH3 is 1. The smallest absolute Gasteiger partial charge is 0.279 e. The van der Waals surface area contributed by atoms with Crippen LogP contribution in [0, 0.1) is 0 Å². The standard InChI is InChI=1S/C22H26N6O2/c1-27-11-13-28(14-12-27)15-16-3-7-18(8-4-16)23-22-24-21(29)20(25-26-22)17-5-9-19(30-2)10-6-17/h3-10H,11-15H2,1-2H3,(H2,23,24,26,29). The second kappa shape index (κ2) is 9.06. The zero-order chi connectivity index (χ0) is 20.9. The summed E-state index contributed by atoms with van der Waals surface area (Å²) in [4.78, 5) is 20.0. The van der Waals surface area contributed by atoms with E-state index in [0.717, 1.165) is 44.2 Å². The lowest BCUT2D eigenvalue weighted by Gasteiger charge is -2.32. The highest BCUT2D eigenvalue weighted by Crippen LogP contribution is 2.19. The number of ether oxygens (including phenoxy) is 1. The molecule has 8 heteroatoms. The van der Waals surface area contributed by atoms with E-state index in [1.165, 1.54) is 5.56 Å². The maximum atomic E-state index is 12.4. The number of anilines is 2. The molecule has 1 aliphatic heterocycles. The average molecular weight is 406 g/mol. The Kier molecular flexibility index (Phi) is 6.06. The first kappa shape index (κ1) is 20.1. The molecule has 0 radical (unpaired) electrons. The fraction of sp³-hybridized carbons (Fsp3) is 0.318. The summed E-state index contributed by atoms with van der Waals surface area (Å²) in [6.45, 7) is 5.35. The minimum Gasteiger partial charge on any atom is -0.497 e. The molecular formula is C22H26N6O2. The van der Waals surface area contributed by atoms with Gasteiger partial charge in [-0.2, -0.15) is 0 Å². The van der Waals surface area contributed by atoms with Crippen LogP contribution in [0.25, 0.3) is 11.3 Å². The molecule has 0 unspecified atom stereocenters. The lowest BCUT2D eigenvalue weighted by Crippen LogP contribution is -2.43. The van der Waals surface area contributed by atoms with Gasteiger partial charge in [-0.15, -0.1) is 10.2 Å². The number of H-pyrrole nitrogens is 1. The molecule has 0 amide bonds. The predicted molar refractivity (Wildman–Crippen MR) is 117 cm³/mol.